The van der Waals surface area contributed by atoms with Crippen molar-refractivity contribution in [3.63, 3.8) is 0 Å². The standard InChI is InChI=1S/C13H20N2O/c1-16-13-5-3-2-4-11(13)12-9-15-7-6-10(12)8-14/h2-5,10,12,15H,6-9,14H2,1H3. The van der Waals surface area contributed by atoms with Gasteiger partial charge in [0.25, 0.3) is 0 Å². The van der Waals surface area contributed by atoms with Crippen LogP contribution in [0.25, 0.3) is 0 Å². The molecule has 0 radical (unpaired) electrons. The molecule has 0 aliphatic carbocycles. The lowest BCUT2D eigenvalue weighted by Crippen LogP contribution is -2.38. The lowest BCUT2D eigenvalue weighted by Gasteiger charge is -2.32. The number of ether oxygens (including phenoxy) is 1. The summed E-state index contributed by atoms with van der Waals surface area (Å²) in [5, 5.41) is 3.44. The van der Waals surface area contributed by atoms with Gasteiger partial charge in [0.15, 0.2) is 0 Å². The summed E-state index contributed by atoms with van der Waals surface area (Å²) in [6.07, 6.45) is 1.15. The van der Waals surface area contributed by atoms with Gasteiger partial charge in [-0.25, -0.2) is 0 Å². The summed E-state index contributed by atoms with van der Waals surface area (Å²) < 4.78 is 5.42. The minimum absolute atomic E-state index is 0.481. The van der Waals surface area contributed by atoms with Gasteiger partial charge < -0.3 is 15.8 Å². The molecule has 0 bridgehead atoms. The molecule has 16 heavy (non-hydrogen) atoms. The van der Waals surface area contributed by atoms with Crippen LogP contribution in [0.4, 0.5) is 0 Å². The van der Waals surface area contributed by atoms with Crippen molar-refractivity contribution < 1.29 is 4.74 Å². The van der Waals surface area contributed by atoms with E-state index in [-0.39, 0.29) is 0 Å². The summed E-state index contributed by atoms with van der Waals surface area (Å²) in [7, 11) is 1.73. The molecule has 1 aliphatic rings. The monoisotopic (exact) mass is 220 g/mol. The highest BCUT2D eigenvalue weighted by molar-refractivity contribution is 5.37. The summed E-state index contributed by atoms with van der Waals surface area (Å²) in [6, 6.07) is 8.26. The highest BCUT2D eigenvalue weighted by Gasteiger charge is 2.27. The highest BCUT2D eigenvalue weighted by atomic mass is 16.5. The number of hydrogen-bond donors (Lipinski definition) is 2. The van der Waals surface area contributed by atoms with E-state index in [1.165, 1.54) is 5.56 Å². The topological polar surface area (TPSA) is 47.3 Å². The predicted molar refractivity (Wildman–Crippen MR) is 65.8 cm³/mol. The van der Waals surface area contributed by atoms with Gasteiger partial charge in [0, 0.05) is 12.5 Å². The van der Waals surface area contributed by atoms with Crippen molar-refractivity contribution in [2.75, 3.05) is 26.7 Å². The minimum atomic E-state index is 0.481. The van der Waals surface area contributed by atoms with E-state index in [1.807, 2.05) is 12.1 Å². The first-order chi connectivity index (χ1) is 7.86. The van der Waals surface area contributed by atoms with Crippen LogP contribution in [0.2, 0.25) is 0 Å². The van der Waals surface area contributed by atoms with Crippen molar-refractivity contribution in [2.45, 2.75) is 12.3 Å². The first kappa shape index (κ1) is 11.4. The van der Waals surface area contributed by atoms with Gasteiger partial charge >= 0.3 is 0 Å². The lowest BCUT2D eigenvalue weighted by molar-refractivity contribution is 0.319. The third-order valence-corrected chi connectivity index (χ3v) is 3.47. The number of nitrogens with two attached hydrogens (primary N) is 1. The molecule has 3 N–H and O–H groups in total. The molecule has 0 spiro atoms. The van der Waals surface area contributed by atoms with E-state index >= 15 is 0 Å². The molecule has 0 amide bonds. The zero-order valence-electron chi connectivity index (χ0n) is 9.78. The molecule has 1 aromatic carbocycles. The summed E-state index contributed by atoms with van der Waals surface area (Å²) in [5.74, 6) is 2.03. The van der Waals surface area contributed by atoms with Gasteiger partial charge in [-0.05, 0) is 37.1 Å². The lowest BCUT2D eigenvalue weighted by atomic mass is 9.81. The Balaban J connectivity index is 2.26. The Morgan fingerprint density at radius 3 is 3.00 bits per heavy atom. The number of piperidine rings is 1. The second kappa shape index (κ2) is 5.32. The fourth-order valence-electron chi connectivity index (χ4n) is 2.53. The molecule has 3 nitrogen and oxygen atoms in total. The second-order valence-corrected chi connectivity index (χ2v) is 4.34. The van der Waals surface area contributed by atoms with Crippen molar-refractivity contribution >= 4 is 0 Å². The van der Waals surface area contributed by atoms with E-state index in [2.05, 4.69) is 17.4 Å². The maximum Gasteiger partial charge on any atom is 0.122 e. The van der Waals surface area contributed by atoms with Crippen molar-refractivity contribution in [3.05, 3.63) is 29.8 Å². The first-order valence-electron chi connectivity index (χ1n) is 5.90. The Bertz CT molecular complexity index is 340. The normalized spacial score (nSPS) is 25.4. The average molecular weight is 220 g/mol. The van der Waals surface area contributed by atoms with Crippen LogP contribution in [0.3, 0.4) is 0 Å². The van der Waals surface area contributed by atoms with Gasteiger partial charge in [-0.3, -0.25) is 0 Å². The molecule has 88 valence electrons. The molecule has 2 atom stereocenters. The molecule has 1 aliphatic heterocycles. The van der Waals surface area contributed by atoms with Crippen LogP contribution >= 0.6 is 0 Å². The smallest absolute Gasteiger partial charge is 0.122 e. The molecule has 3 heteroatoms. The highest BCUT2D eigenvalue weighted by Crippen LogP contribution is 2.34. The van der Waals surface area contributed by atoms with Crippen molar-refractivity contribution in [2.24, 2.45) is 11.7 Å². The van der Waals surface area contributed by atoms with Crippen LogP contribution in [0.15, 0.2) is 24.3 Å². The molecular formula is C13H20N2O. The molecule has 0 saturated carbocycles. The van der Waals surface area contributed by atoms with Gasteiger partial charge in [0.2, 0.25) is 0 Å². The zero-order chi connectivity index (χ0) is 11.4. The van der Waals surface area contributed by atoms with Crippen LogP contribution < -0.4 is 15.8 Å². The predicted octanol–water partition coefficient (Wildman–Crippen LogP) is 1.35. The van der Waals surface area contributed by atoms with E-state index in [1.54, 1.807) is 7.11 Å². The summed E-state index contributed by atoms with van der Waals surface area (Å²) in [5.41, 5.74) is 7.14. The Morgan fingerprint density at radius 2 is 2.25 bits per heavy atom. The van der Waals surface area contributed by atoms with E-state index in [4.69, 9.17) is 10.5 Å². The van der Waals surface area contributed by atoms with Crippen LogP contribution in [0.1, 0.15) is 17.9 Å². The zero-order valence-corrected chi connectivity index (χ0v) is 9.78. The van der Waals surface area contributed by atoms with Gasteiger partial charge in [-0.15, -0.1) is 0 Å². The molecular weight excluding hydrogens is 200 g/mol. The van der Waals surface area contributed by atoms with Crippen LogP contribution in [-0.4, -0.2) is 26.7 Å². The fourth-order valence-corrected chi connectivity index (χ4v) is 2.53. The second-order valence-electron chi connectivity index (χ2n) is 4.34. The Morgan fingerprint density at radius 1 is 1.44 bits per heavy atom. The molecule has 1 heterocycles. The number of benzene rings is 1. The van der Waals surface area contributed by atoms with E-state index in [0.29, 0.717) is 11.8 Å². The van der Waals surface area contributed by atoms with Crippen molar-refractivity contribution in [1.82, 2.24) is 5.32 Å². The molecule has 1 fully saturated rings. The van der Waals surface area contributed by atoms with Gasteiger partial charge in [0.1, 0.15) is 5.75 Å². The van der Waals surface area contributed by atoms with E-state index in [9.17, 15) is 0 Å². The minimum Gasteiger partial charge on any atom is -0.496 e. The van der Waals surface area contributed by atoms with Crippen molar-refractivity contribution in [1.29, 1.82) is 0 Å². The summed E-state index contributed by atoms with van der Waals surface area (Å²) in [6.45, 7) is 2.83. The third kappa shape index (κ3) is 2.20. The third-order valence-electron chi connectivity index (χ3n) is 3.47. The van der Waals surface area contributed by atoms with Gasteiger partial charge in [-0.1, -0.05) is 18.2 Å². The Hall–Kier alpha value is -1.06. The molecule has 1 aromatic rings. The maximum atomic E-state index is 5.85. The number of methoxy groups -OCH3 is 1. The maximum absolute atomic E-state index is 5.85. The Labute approximate surface area is 97.0 Å². The number of rotatable bonds is 3. The molecule has 0 aromatic heterocycles. The van der Waals surface area contributed by atoms with Gasteiger partial charge in [-0.2, -0.15) is 0 Å². The first-order valence-corrected chi connectivity index (χ1v) is 5.90. The quantitative estimate of drug-likeness (QED) is 0.808. The van der Waals surface area contributed by atoms with Crippen LogP contribution in [-0.2, 0) is 0 Å². The van der Waals surface area contributed by atoms with Crippen LogP contribution in [0.5, 0.6) is 5.75 Å². The van der Waals surface area contributed by atoms with Gasteiger partial charge in [0.05, 0.1) is 7.11 Å². The molecule has 2 rings (SSSR count). The summed E-state index contributed by atoms with van der Waals surface area (Å²) >= 11 is 0. The van der Waals surface area contributed by atoms with E-state index in [0.717, 1.165) is 31.8 Å². The van der Waals surface area contributed by atoms with E-state index < -0.39 is 0 Å². The Kier molecular flexibility index (Phi) is 3.80. The van der Waals surface area contributed by atoms with Crippen molar-refractivity contribution in [3.8, 4) is 5.75 Å². The number of nitrogens with one attached hydrogen (secondary N) is 1. The summed E-state index contributed by atoms with van der Waals surface area (Å²) in [4.78, 5) is 0. The molecule has 1 saturated heterocycles. The number of para-hydroxylation sites is 1. The fraction of sp³-hybridized carbons (Fsp3) is 0.538. The SMILES string of the molecule is COc1ccccc1C1CNCCC1CN. The van der Waals surface area contributed by atoms with Crippen LogP contribution in [0, 0.1) is 5.92 Å². The average Bonchev–Trinajstić information content (AvgIpc) is 2.38. The largest absolute Gasteiger partial charge is 0.496 e. The number of hydrogen-bond acceptors (Lipinski definition) is 3. The molecule has 2 unspecified atom stereocenters.